The number of aromatic amines is 1. The average Bonchev–Trinajstić information content (AvgIpc) is 3.47. The fourth-order valence-corrected chi connectivity index (χ4v) is 5.49. The fraction of sp³-hybridized carbons (Fsp3) is 0.343. The predicted molar refractivity (Wildman–Crippen MR) is 174 cm³/mol. The number of aliphatic hydroxyl groups excluding tert-OH is 1. The monoisotopic (exact) mass is 662 g/mol. The number of benzene rings is 2. The Morgan fingerprint density at radius 2 is 1.83 bits per heavy atom. The van der Waals surface area contributed by atoms with Crippen molar-refractivity contribution in [3.8, 4) is 17.2 Å². The number of amides is 1. The molecular weight excluding hydrogens is 624 g/mol. The molecule has 4 atom stereocenters. The summed E-state index contributed by atoms with van der Waals surface area (Å²) in [5, 5.41) is 34.9. The number of fused-ring (bicyclic) bond motifs is 1. The van der Waals surface area contributed by atoms with Gasteiger partial charge in [0, 0.05) is 24.4 Å². The molecule has 5 N–H and O–H groups in total. The van der Waals surface area contributed by atoms with Crippen LogP contribution in [0.1, 0.15) is 59.8 Å². The maximum atomic E-state index is 13.0. The number of phenols is 1. The van der Waals surface area contributed by atoms with E-state index in [1.54, 1.807) is 32.9 Å². The Kier molecular flexibility index (Phi) is 9.66. The van der Waals surface area contributed by atoms with Gasteiger partial charge < -0.3 is 49.0 Å². The molecular formula is C35H38N2O11. The number of rotatable bonds is 9. The zero-order valence-corrected chi connectivity index (χ0v) is 27.3. The third-order valence-corrected chi connectivity index (χ3v) is 7.98. The van der Waals surface area contributed by atoms with Gasteiger partial charge in [0.1, 0.15) is 28.9 Å². The Balaban J connectivity index is 1.37. The van der Waals surface area contributed by atoms with Gasteiger partial charge >= 0.3 is 11.6 Å². The summed E-state index contributed by atoms with van der Waals surface area (Å²) >= 11 is 0. The maximum Gasteiger partial charge on any atom is 0.364 e. The first-order valence-electron chi connectivity index (χ1n) is 15.2. The largest absolute Gasteiger partial charge is 0.508 e. The molecule has 254 valence electrons. The molecule has 4 aromatic rings. The molecule has 1 saturated heterocycles. The molecule has 0 radical (unpaired) electrons. The number of H-pyrrole nitrogens is 1. The molecule has 1 aliphatic heterocycles. The van der Waals surface area contributed by atoms with Gasteiger partial charge in [0.15, 0.2) is 23.6 Å². The molecule has 48 heavy (non-hydrogen) atoms. The van der Waals surface area contributed by atoms with Gasteiger partial charge in [-0.3, -0.25) is 4.79 Å². The molecule has 1 aliphatic rings. The standard InChI is InChI=1S/C35H38N2O11/c1-17(2)7-9-19-15-20(10-14-24(19)38)31(41)37-26-27(39)22-12-11-21(16-25(22)46-33(26)43)45-34-28(40)29(30(44-6)35(4,5)48-34)47-32(42)23-13-8-18(3)36-23/h7-8,10-16,28-30,34,36,38-40H,9H2,1-6H3,(H,37,41)/t28-,29+,30+,34-/m1/s1. The van der Waals surface area contributed by atoms with Gasteiger partial charge in [-0.15, -0.1) is 0 Å². The third-order valence-electron chi connectivity index (χ3n) is 7.98. The summed E-state index contributed by atoms with van der Waals surface area (Å²) in [7, 11) is 1.41. The number of carbonyl (C=O) groups is 2. The topological polar surface area (TPSA) is 190 Å². The van der Waals surface area contributed by atoms with Gasteiger partial charge in [-0.2, -0.15) is 0 Å². The first kappa shape index (κ1) is 34.2. The molecule has 1 amide bonds. The Hall–Kier alpha value is -5.11. The van der Waals surface area contributed by atoms with Crippen LogP contribution in [0.15, 0.2) is 69.4 Å². The highest BCUT2D eigenvalue weighted by Crippen LogP contribution is 2.37. The van der Waals surface area contributed by atoms with E-state index in [9.17, 15) is 29.7 Å². The van der Waals surface area contributed by atoms with Gasteiger partial charge in [0.2, 0.25) is 6.29 Å². The molecule has 2 aromatic carbocycles. The number of carbonyl (C=O) groups excluding carboxylic acids is 2. The minimum Gasteiger partial charge on any atom is -0.508 e. The van der Waals surface area contributed by atoms with Crippen molar-refractivity contribution in [3.05, 3.63) is 93.1 Å². The van der Waals surface area contributed by atoms with Crippen LogP contribution in [0.2, 0.25) is 0 Å². The number of esters is 1. The van der Waals surface area contributed by atoms with Crippen molar-refractivity contribution in [1.29, 1.82) is 0 Å². The summed E-state index contributed by atoms with van der Waals surface area (Å²) in [4.78, 5) is 41.7. The summed E-state index contributed by atoms with van der Waals surface area (Å²) < 4.78 is 28.6. The summed E-state index contributed by atoms with van der Waals surface area (Å²) in [5.41, 5.74) is -0.00845. The van der Waals surface area contributed by atoms with Crippen LogP contribution < -0.4 is 15.7 Å². The van der Waals surface area contributed by atoms with Crippen molar-refractivity contribution in [2.45, 2.75) is 71.2 Å². The third kappa shape index (κ3) is 7.08. The molecule has 0 bridgehead atoms. The van der Waals surface area contributed by atoms with E-state index in [2.05, 4.69) is 10.3 Å². The molecule has 2 aromatic heterocycles. The van der Waals surface area contributed by atoms with Crippen molar-refractivity contribution in [1.82, 2.24) is 4.98 Å². The lowest BCUT2D eigenvalue weighted by Gasteiger charge is -2.47. The number of ether oxygens (including phenoxy) is 4. The minimum atomic E-state index is -1.50. The number of aryl methyl sites for hydroxylation is 1. The molecule has 5 rings (SSSR count). The SMILES string of the molecule is CO[C@H]1[C@@H](OC(=O)c2ccc(C)[nH]2)[C@@H](O)[C@H](Oc2ccc3c(O)c(NC(=O)c4ccc(O)c(CC=C(C)C)c4)c(=O)oc3c2)OC1(C)C. The van der Waals surface area contributed by atoms with E-state index in [4.69, 9.17) is 23.4 Å². The molecule has 13 nitrogen and oxygen atoms in total. The molecule has 0 aliphatic carbocycles. The van der Waals surface area contributed by atoms with Gasteiger partial charge in [-0.25, -0.2) is 9.59 Å². The zero-order valence-electron chi connectivity index (χ0n) is 27.3. The number of aliphatic hydroxyl groups is 1. The van der Waals surface area contributed by atoms with Gasteiger partial charge in [-0.1, -0.05) is 11.6 Å². The van der Waals surface area contributed by atoms with E-state index in [1.807, 2.05) is 19.9 Å². The summed E-state index contributed by atoms with van der Waals surface area (Å²) in [5.74, 6) is -1.82. The second-order valence-electron chi connectivity index (χ2n) is 12.3. The van der Waals surface area contributed by atoms with E-state index in [0.29, 0.717) is 12.0 Å². The molecule has 13 heteroatoms. The smallest absolute Gasteiger partial charge is 0.364 e. The van der Waals surface area contributed by atoms with Crippen LogP contribution in [0.4, 0.5) is 5.69 Å². The first-order valence-corrected chi connectivity index (χ1v) is 15.2. The van der Waals surface area contributed by atoms with Gasteiger partial charge in [0.05, 0.1) is 11.0 Å². The number of hydrogen-bond acceptors (Lipinski definition) is 11. The van der Waals surface area contributed by atoms with Crippen LogP contribution in [-0.2, 0) is 20.6 Å². The van der Waals surface area contributed by atoms with Crippen molar-refractivity contribution >= 4 is 28.5 Å². The Morgan fingerprint density at radius 3 is 2.50 bits per heavy atom. The number of aromatic nitrogens is 1. The highest BCUT2D eigenvalue weighted by Gasteiger charge is 2.53. The van der Waals surface area contributed by atoms with E-state index in [1.165, 1.54) is 43.5 Å². The minimum absolute atomic E-state index is 0.0200. The van der Waals surface area contributed by atoms with Crippen molar-refractivity contribution in [2.75, 3.05) is 12.4 Å². The first-order chi connectivity index (χ1) is 22.7. The second-order valence-corrected chi connectivity index (χ2v) is 12.3. The molecule has 0 spiro atoms. The lowest BCUT2D eigenvalue weighted by Crippen LogP contribution is -2.65. The van der Waals surface area contributed by atoms with E-state index >= 15 is 0 Å². The van der Waals surface area contributed by atoms with Crippen molar-refractivity contribution < 1.29 is 48.3 Å². The van der Waals surface area contributed by atoms with Crippen LogP contribution in [0.5, 0.6) is 17.2 Å². The fourth-order valence-electron chi connectivity index (χ4n) is 5.49. The van der Waals surface area contributed by atoms with Crippen molar-refractivity contribution in [2.24, 2.45) is 0 Å². The highest BCUT2D eigenvalue weighted by molar-refractivity contribution is 6.06. The van der Waals surface area contributed by atoms with E-state index in [0.717, 1.165) is 11.3 Å². The predicted octanol–water partition coefficient (Wildman–Crippen LogP) is 4.72. The number of allylic oxidation sites excluding steroid dienone is 2. The number of hydrogen-bond donors (Lipinski definition) is 5. The van der Waals surface area contributed by atoms with E-state index < -0.39 is 59.1 Å². The average molecular weight is 663 g/mol. The van der Waals surface area contributed by atoms with E-state index in [-0.39, 0.29) is 33.7 Å². The molecule has 0 unspecified atom stereocenters. The van der Waals surface area contributed by atoms with Crippen LogP contribution >= 0.6 is 0 Å². The molecule has 0 saturated carbocycles. The Morgan fingerprint density at radius 1 is 1.08 bits per heavy atom. The lowest BCUT2D eigenvalue weighted by molar-refractivity contribution is -0.305. The summed E-state index contributed by atoms with van der Waals surface area (Å²) in [6.07, 6.45) is -2.61. The van der Waals surface area contributed by atoms with Crippen LogP contribution in [0, 0.1) is 6.92 Å². The van der Waals surface area contributed by atoms with Crippen LogP contribution in [-0.4, -0.2) is 69.5 Å². The normalized spacial score (nSPS) is 20.2. The highest BCUT2D eigenvalue weighted by atomic mass is 16.7. The number of phenolic OH excluding ortho intramolecular Hbond substituents is 1. The quantitative estimate of drug-likeness (QED) is 0.0947. The number of aromatic hydroxyl groups is 2. The molecule has 3 heterocycles. The number of methoxy groups -OCH3 is 1. The Labute approximate surface area is 275 Å². The Bertz CT molecular complexity index is 1940. The summed E-state index contributed by atoms with van der Waals surface area (Å²) in [6.45, 7) is 9.00. The molecule has 1 fully saturated rings. The maximum absolute atomic E-state index is 13.0. The van der Waals surface area contributed by atoms with Gasteiger partial charge in [-0.05, 0) is 89.1 Å². The number of anilines is 1. The zero-order chi connectivity index (χ0) is 34.9. The lowest BCUT2D eigenvalue weighted by atomic mass is 9.89. The second kappa shape index (κ2) is 13.6. The van der Waals surface area contributed by atoms with Crippen molar-refractivity contribution in [3.63, 3.8) is 0 Å². The van der Waals surface area contributed by atoms with Crippen LogP contribution in [0.3, 0.4) is 0 Å². The van der Waals surface area contributed by atoms with Gasteiger partial charge in [0.25, 0.3) is 5.91 Å². The number of nitrogens with one attached hydrogen (secondary N) is 2. The summed E-state index contributed by atoms with van der Waals surface area (Å²) in [6, 6.07) is 11.7. The van der Waals surface area contributed by atoms with Crippen LogP contribution in [0.25, 0.3) is 11.0 Å².